The standard InChI is InChI=1S/C8H19Si.Y/c1-5-8(4)9(6-2)7-3;/h8H,5-7H2,1-4H3;. The van der Waals surface area contributed by atoms with Crippen LogP contribution >= 0.6 is 0 Å². The van der Waals surface area contributed by atoms with E-state index in [9.17, 15) is 0 Å². The van der Waals surface area contributed by atoms with Crippen LogP contribution in [-0.4, -0.2) is 8.80 Å². The van der Waals surface area contributed by atoms with E-state index in [0.717, 1.165) is 5.54 Å². The molecule has 0 spiro atoms. The van der Waals surface area contributed by atoms with E-state index in [4.69, 9.17) is 0 Å². The number of rotatable bonds is 4. The van der Waals surface area contributed by atoms with E-state index in [1.54, 1.807) is 0 Å². The molecule has 0 aliphatic rings. The third kappa shape index (κ3) is 5.04. The van der Waals surface area contributed by atoms with E-state index in [-0.39, 0.29) is 41.5 Å². The van der Waals surface area contributed by atoms with Crippen LogP contribution in [0.3, 0.4) is 0 Å². The van der Waals surface area contributed by atoms with Crippen LogP contribution in [-0.2, 0) is 32.7 Å². The van der Waals surface area contributed by atoms with Crippen molar-refractivity contribution in [1.29, 1.82) is 0 Å². The molecule has 10 heavy (non-hydrogen) atoms. The van der Waals surface area contributed by atoms with Gasteiger partial charge in [-0.25, -0.2) is 0 Å². The molecule has 1 atom stereocenters. The van der Waals surface area contributed by atoms with Crippen molar-refractivity contribution in [2.24, 2.45) is 0 Å². The molecule has 0 saturated heterocycles. The zero-order chi connectivity index (χ0) is 7.28. The van der Waals surface area contributed by atoms with Crippen LogP contribution in [0.1, 0.15) is 34.1 Å². The zero-order valence-corrected chi connectivity index (χ0v) is 11.6. The van der Waals surface area contributed by atoms with Crippen LogP contribution < -0.4 is 0 Å². The Morgan fingerprint density at radius 1 is 1.10 bits per heavy atom. The van der Waals surface area contributed by atoms with Gasteiger partial charge in [0.2, 0.25) is 0 Å². The average Bonchev–Trinajstić information content (AvgIpc) is 1.90. The Labute approximate surface area is 92.7 Å². The summed E-state index contributed by atoms with van der Waals surface area (Å²) >= 11 is 0. The maximum Gasteiger partial charge on any atom is 0.0503 e. The van der Waals surface area contributed by atoms with E-state index < -0.39 is 0 Å². The van der Waals surface area contributed by atoms with Crippen LogP contribution in [0.5, 0.6) is 0 Å². The van der Waals surface area contributed by atoms with Gasteiger partial charge in [-0.15, -0.1) is 0 Å². The Bertz CT molecular complexity index is 62.3. The minimum Gasteiger partial charge on any atom is -0.0680 e. The normalized spacial score (nSPS) is 12.9. The second-order valence-electron chi connectivity index (χ2n) is 2.67. The quantitative estimate of drug-likeness (QED) is 0.652. The minimum atomic E-state index is 0. The summed E-state index contributed by atoms with van der Waals surface area (Å²) in [5.41, 5.74) is 1.03. The summed E-state index contributed by atoms with van der Waals surface area (Å²) in [6.45, 7) is 9.38. The first-order chi connectivity index (χ1) is 4.26. The first-order valence-electron chi connectivity index (χ1n) is 4.10. The molecule has 0 aromatic rings. The predicted octanol–water partition coefficient (Wildman–Crippen LogP) is 3.32. The van der Waals surface area contributed by atoms with Gasteiger partial charge in [0.25, 0.3) is 0 Å². The van der Waals surface area contributed by atoms with Crippen LogP contribution in [0, 0.1) is 0 Å². The second kappa shape index (κ2) is 8.42. The molecule has 58 valence electrons. The molecule has 0 rings (SSSR count). The van der Waals surface area contributed by atoms with Gasteiger partial charge >= 0.3 is 0 Å². The molecule has 0 nitrogen and oxygen atoms in total. The fourth-order valence-electron chi connectivity index (χ4n) is 1.24. The van der Waals surface area contributed by atoms with Crippen molar-refractivity contribution in [3.05, 3.63) is 0 Å². The van der Waals surface area contributed by atoms with Gasteiger partial charge in [0.15, 0.2) is 0 Å². The molecule has 0 bridgehead atoms. The van der Waals surface area contributed by atoms with Gasteiger partial charge in [-0.2, -0.15) is 0 Å². The molecule has 0 N–H and O–H groups in total. The SMILES string of the molecule is CCC(C)[Si](CC)CC.[Y]. The van der Waals surface area contributed by atoms with Crippen LogP contribution in [0.4, 0.5) is 0 Å². The van der Waals surface area contributed by atoms with Crippen LogP contribution in [0.15, 0.2) is 0 Å². The summed E-state index contributed by atoms with van der Waals surface area (Å²) in [5, 5.41) is 0. The predicted molar refractivity (Wildman–Crippen MR) is 46.4 cm³/mol. The van der Waals surface area contributed by atoms with Gasteiger partial charge in [0, 0.05) is 32.7 Å². The monoisotopic (exact) mass is 232 g/mol. The molecule has 0 heterocycles. The smallest absolute Gasteiger partial charge is 0.0503 e. The number of hydrogen-bond acceptors (Lipinski definition) is 0. The molecule has 1 unspecified atom stereocenters. The van der Waals surface area contributed by atoms with Crippen molar-refractivity contribution in [3.63, 3.8) is 0 Å². The molecule has 2 radical (unpaired) electrons. The van der Waals surface area contributed by atoms with Gasteiger partial charge in [-0.1, -0.05) is 51.7 Å². The Morgan fingerprint density at radius 2 is 1.50 bits per heavy atom. The maximum absolute atomic E-state index is 2.40. The summed E-state index contributed by atoms with van der Waals surface area (Å²) in [5.74, 6) is 0. The van der Waals surface area contributed by atoms with Gasteiger partial charge in [-0.3, -0.25) is 0 Å². The molecule has 0 amide bonds. The third-order valence-electron chi connectivity index (χ3n) is 2.22. The summed E-state index contributed by atoms with van der Waals surface area (Å²) in [4.78, 5) is 0. The molecule has 0 aromatic carbocycles. The van der Waals surface area contributed by atoms with Gasteiger partial charge in [0.1, 0.15) is 0 Å². The Kier molecular flexibility index (Phi) is 11.7. The van der Waals surface area contributed by atoms with E-state index >= 15 is 0 Å². The second-order valence-corrected chi connectivity index (χ2v) is 6.39. The molecule has 0 aliphatic heterocycles. The fourth-order valence-corrected chi connectivity index (χ4v) is 3.71. The van der Waals surface area contributed by atoms with E-state index in [2.05, 4.69) is 27.7 Å². The first-order valence-corrected chi connectivity index (χ1v) is 6.09. The van der Waals surface area contributed by atoms with E-state index in [1.165, 1.54) is 18.5 Å². The van der Waals surface area contributed by atoms with Crippen molar-refractivity contribution >= 4 is 8.80 Å². The fraction of sp³-hybridized carbons (Fsp3) is 1.00. The Balaban J connectivity index is 0. The van der Waals surface area contributed by atoms with Gasteiger partial charge < -0.3 is 0 Å². The molecule has 0 fully saturated rings. The average molecular weight is 232 g/mol. The van der Waals surface area contributed by atoms with Crippen molar-refractivity contribution in [2.45, 2.75) is 51.7 Å². The van der Waals surface area contributed by atoms with Gasteiger partial charge in [0.05, 0.1) is 8.80 Å². The summed E-state index contributed by atoms with van der Waals surface area (Å²) in [6, 6.07) is 2.91. The molecule has 0 aromatic heterocycles. The third-order valence-corrected chi connectivity index (χ3v) is 5.84. The Morgan fingerprint density at radius 3 is 1.60 bits per heavy atom. The minimum absolute atomic E-state index is 0. The molecule has 0 aliphatic carbocycles. The summed E-state index contributed by atoms with van der Waals surface area (Å²) in [7, 11) is 0.0481. The molecule has 0 saturated carbocycles. The van der Waals surface area contributed by atoms with Crippen molar-refractivity contribution < 1.29 is 32.7 Å². The summed E-state index contributed by atoms with van der Waals surface area (Å²) < 4.78 is 0. The molecule has 2 heteroatoms. The molecular formula is C8H19SiY. The van der Waals surface area contributed by atoms with Crippen molar-refractivity contribution in [2.75, 3.05) is 0 Å². The largest absolute Gasteiger partial charge is 0.0680 e. The van der Waals surface area contributed by atoms with E-state index in [1.807, 2.05) is 0 Å². The summed E-state index contributed by atoms with van der Waals surface area (Å²) in [6.07, 6.45) is 1.38. The Hall–Kier alpha value is 1.32. The topological polar surface area (TPSA) is 0 Å². The van der Waals surface area contributed by atoms with Crippen molar-refractivity contribution in [1.82, 2.24) is 0 Å². The van der Waals surface area contributed by atoms with Crippen molar-refractivity contribution in [3.8, 4) is 0 Å². The zero-order valence-electron chi connectivity index (χ0n) is 7.78. The maximum atomic E-state index is 2.40. The first kappa shape index (κ1) is 13.9. The molecular weight excluding hydrogens is 213 g/mol. The van der Waals surface area contributed by atoms with Gasteiger partial charge in [-0.05, 0) is 0 Å². The van der Waals surface area contributed by atoms with Crippen LogP contribution in [0.25, 0.3) is 0 Å². The number of hydrogen-bond donors (Lipinski definition) is 0. The van der Waals surface area contributed by atoms with E-state index in [0.29, 0.717) is 0 Å². The van der Waals surface area contributed by atoms with Crippen LogP contribution in [0.2, 0.25) is 17.6 Å².